The van der Waals surface area contributed by atoms with Gasteiger partial charge < -0.3 is 18.6 Å². The van der Waals surface area contributed by atoms with Crippen LogP contribution < -0.4 is 10.9 Å². The van der Waals surface area contributed by atoms with E-state index in [-0.39, 0.29) is 16.5 Å². The highest BCUT2D eigenvalue weighted by molar-refractivity contribution is 6.67. The lowest BCUT2D eigenvalue weighted by molar-refractivity contribution is -0.136. The predicted octanol–water partition coefficient (Wildman–Crippen LogP) is 3.18. The molecular formula is C20H26B2F3NO4. The topological polar surface area (TPSA) is 60.7 Å². The quantitative estimate of drug-likeness (QED) is 0.685. The molecule has 0 saturated carbocycles. The van der Waals surface area contributed by atoms with Crippen LogP contribution in [0.15, 0.2) is 12.1 Å². The first-order valence-corrected chi connectivity index (χ1v) is 9.78. The lowest BCUT2D eigenvalue weighted by atomic mass is 9.66. The SMILES string of the molecule is CC1(C)OB(c2cc(C#N)cc(B3OC(C)(C)C(C)(C)O3)c2C(F)(F)F)OC1(C)C. The van der Waals surface area contributed by atoms with Crippen molar-refractivity contribution in [3.63, 3.8) is 0 Å². The Labute approximate surface area is 176 Å². The average molecular weight is 423 g/mol. The summed E-state index contributed by atoms with van der Waals surface area (Å²) < 4.78 is 66.4. The molecular weight excluding hydrogens is 397 g/mol. The van der Waals surface area contributed by atoms with Crippen molar-refractivity contribution >= 4 is 25.2 Å². The van der Waals surface area contributed by atoms with Crippen LogP contribution in [0.2, 0.25) is 0 Å². The first-order chi connectivity index (χ1) is 13.4. The van der Waals surface area contributed by atoms with Gasteiger partial charge in [0.05, 0.1) is 39.6 Å². The van der Waals surface area contributed by atoms with Gasteiger partial charge in [0.25, 0.3) is 0 Å². The second-order valence-electron chi connectivity index (χ2n) is 9.82. The van der Waals surface area contributed by atoms with Gasteiger partial charge in [0, 0.05) is 0 Å². The maximum atomic E-state index is 14.3. The molecule has 0 aromatic heterocycles. The molecule has 0 radical (unpaired) electrons. The van der Waals surface area contributed by atoms with Gasteiger partial charge in [-0.3, -0.25) is 0 Å². The van der Waals surface area contributed by atoms with E-state index in [1.54, 1.807) is 55.4 Å². The summed E-state index contributed by atoms with van der Waals surface area (Å²) in [5.74, 6) is 0. The van der Waals surface area contributed by atoms with Crippen LogP contribution in [0.4, 0.5) is 13.2 Å². The molecule has 0 bridgehead atoms. The zero-order valence-corrected chi connectivity index (χ0v) is 18.5. The van der Waals surface area contributed by atoms with Crippen molar-refractivity contribution in [3.8, 4) is 6.07 Å². The number of rotatable bonds is 2. The molecule has 30 heavy (non-hydrogen) atoms. The Balaban J connectivity index is 2.21. The smallest absolute Gasteiger partial charge is 0.399 e. The Morgan fingerprint density at radius 2 is 1.03 bits per heavy atom. The van der Waals surface area contributed by atoms with Crippen molar-refractivity contribution < 1.29 is 31.8 Å². The summed E-state index contributed by atoms with van der Waals surface area (Å²) in [4.78, 5) is 0. The fraction of sp³-hybridized carbons (Fsp3) is 0.650. The molecule has 0 aliphatic carbocycles. The molecule has 1 aromatic rings. The van der Waals surface area contributed by atoms with E-state index in [4.69, 9.17) is 18.6 Å². The summed E-state index contributed by atoms with van der Waals surface area (Å²) in [6, 6.07) is 4.26. The van der Waals surface area contributed by atoms with E-state index in [1.807, 2.05) is 6.07 Å². The van der Waals surface area contributed by atoms with E-state index in [0.717, 1.165) is 0 Å². The van der Waals surface area contributed by atoms with Crippen LogP contribution in [0.5, 0.6) is 0 Å². The minimum Gasteiger partial charge on any atom is -0.399 e. The number of hydrogen-bond donors (Lipinski definition) is 0. The highest BCUT2D eigenvalue weighted by Crippen LogP contribution is 2.40. The lowest BCUT2D eigenvalue weighted by Crippen LogP contribution is -2.48. The molecule has 2 aliphatic rings. The van der Waals surface area contributed by atoms with E-state index in [0.29, 0.717) is 0 Å². The monoisotopic (exact) mass is 423 g/mol. The molecule has 2 saturated heterocycles. The van der Waals surface area contributed by atoms with Gasteiger partial charge in [0.15, 0.2) is 0 Å². The average Bonchev–Trinajstić information content (AvgIpc) is 2.92. The number of halogens is 3. The van der Waals surface area contributed by atoms with Crippen LogP contribution >= 0.6 is 0 Å². The molecule has 0 atom stereocenters. The predicted molar refractivity (Wildman–Crippen MR) is 108 cm³/mol. The lowest BCUT2D eigenvalue weighted by Gasteiger charge is -2.32. The molecule has 5 nitrogen and oxygen atoms in total. The number of hydrogen-bond acceptors (Lipinski definition) is 5. The molecule has 10 heteroatoms. The minimum atomic E-state index is -4.74. The number of alkyl halides is 3. The molecule has 2 fully saturated rings. The third kappa shape index (κ3) is 3.66. The molecule has 162 valence electrons. The Kier molecular flexibility index (Phi) is 5.19. The van der Waals surface area contributed by atoms with E-state index in [2.05, 4.69) is 0 Å². The Morgan fingerprint density at radius 3 is 1.27 bits per heavy atom. The zero-order valence-electron chi connectivity index (χ0n) is 18.5. The number of nitrogens with zero attached hydrogens (tertiary/aromatic N) is 1. The molecule has 2 aliphatic heterocycles. The van der Waals surface area contributed by atoms with E-state index in [1.165, 1.54) is 12.1 Å². The second kappa shape index (κ2) is 6.73. The van der Waals surface area contributed by atoms with E-state index in [9.17, 15) is 18.4 Å². The van der Waals surface area contributed by atoms with Crippen LogP contribution in [-0.4, -0.2) is 36.6 Å². The Bertz CT molecular complexity index is 817. The van der Waals surface area contributed by atoms with E-state index >= 15 is 0 Å². The normalized spacial score (nSPS) is 24.2. The van der Waals surface area contributed by atoms with Gasteiger partial charge in [0.1, 0.15) is 0 Å². The maximum absolute atomic E-state index is 14.3. The fourth-order valence-electron chi connectivity index (χ4n) is 3.39. The van der Waals surface area contributed by atoms with Gasteiger partial charge in [0.2, 0.25) is 0 Å². The van der Waals surface area contributed by atoms with Crippen LogP contribution in [0.3, 0.4) is 0 Å². The summed E-state index contributed by atoms with van der Waals surface area (Å²) in [5.41, 5.74) is -4.80. The van der Waals surface area contributed by atoms with Crippen LogP contribution in [-0.2, 0) is 24.8 Å². The summed E-state index contributed by atoms with van der Waals surface area (Å²) in [6.07, 6.45) is -4.74. The maximum Gasteiger partial charge on any atom is 0.495 e. The molecule has 1 aromatic carbocycles. The minimum absolute atomic E-state index is 0.0393. The fourth-order valence-corrected chi connectivity index (χ4v) is 3.39. The zero-order chi connectivity index (χ0) is 22.9. The summed E-state index contributed by atoms with van der Waals surface area (Å²) in [6.45, 7) is 14.0. The van der Waals surface area contributed by atoms with Crippen LogP contribution in [0, 0.1) is 11.3 Å². The number of benzene rings is 1. The van der Waals surface area contributed by atoms with Gasteiger partial charge >= 0.3 is 20.4 Å². The third-order valence-electron chi connectivity index (χ3n) is 6.63. The molecule has 0 amide bonds. The van der Waals surface area contributed by atoms with Crippen molar-refractivity contribution in [2.45, 2.75) is 84.0 Å². The molecule has 0 spiro atoms. The Morgan fingerprint density at radius 1 is 0.733 bits per heavy atom. The largest absolute Gasteiger partial charge is 0.495 e. The van der Waals surface area contributed by atoms with Crippen molar-refractivity contribution in [2.75, 3.05) is 0 Å². The van der Waals surface area contributed by atoms with Crippen molar-refractivity contribution in [2.24, 2.45) is 0 Å². The van der Waals surface area contributed by atoms with Crippen molar-refractivity contribution in [3.05, 3.63) is 23.3 Å². The van der Waals surface area contributed by atoms with Crippen LogP contribution in [0.1, 0.15) is 66.5 Å². The molecule has 3 rings (SSSR count). The number of nitriles is 1. The summed E-state index contributed by atoms with van der Waals surface area (Å²) >= 11 is 0. The molecule has 2 heterocycles. The first kappa shape index (κ1) is 23.1. The van der Waals surface area contributed by atoms with Gasteiger partial charge in [-0.1, -0.05) is 0 Å². The first-order valence-electron chi connectivity index (χ1n) is 9.78. The molecule has 0 N–H and O–H groups in total. The molecule has 0 unspecified atom stereocenters. The van der Waals surface area contributed by atoms with E-state index < -0.39 is 48.4 Å². The van der Waals surface area contributed by atoms with Gasteiger partial charge in [-0.15, -0.1) is 0 Å². The van der Waals surface area contributed by atoms with Gasteiger partial charge in [-0.05, 0) is 78.4 Å². The third-order valence-corrected chi connectivity index (χ3v) is 6.63. The van der Waals surface area contributed by atoms with Crippen molar-refractivity contribution in [1.29, 1.82) is 5.26 Å². The van der Waals surface area contributed by atoms with Gasteiger partial charge in [-0.2, -0.15) is 18.4 Å². The summed E-state index contributed by atoms with van der Waals surface area (Å²) in [5, 5.41) is 9.48. The van der Waals surface area contributed by atoms with Crippen molar-refractivity contribution in [1.82, 2.24) is 0 Å². The van der Waals surface area contributed by atoms with Gasteiger partial charge in [-0.25, -0.2) is 0 Å². The Hall–Kier alpha value is -1.53. The highest BCUT2D eigenvalue weighted by atomic mass is 19.4. The highest BCUT2D eigenvalue weighted by Gasteiger charge is 2.57. The second-order valence-corrected chi connectivity index (χ2v) is 9.82. The standard InChI is InChI=1S/C20H26B2F3NO4/c1-16(2)17(3,4)28-21(27-16)13-9-12(11-26)10-14(15(13)20(23,24)25)22-29-18(5,6)19(7,8)30-22/h9-10H,1-8H3. The summed E-state index contributed by atoms with van der Waals surface area (Å²) in [7, 11) is -2.58. The van der Waals surface area contributed by atoms with Crippen LogP contribution in [0.25, 0.3) is 0 Å².